The van der Waals surface area contributed by atoms with Gasteiger partial charge in [0.1, 0.15) is 5.75 Å². The van der Waals surface area contributed by atoms with Crippen LogP contribution < -0.4 is 0 Å². The predicted molar refractivity (Wildman–Crippen MR) is 59.0 cm³/mol. The molecule has 2 heterocycles. The summed E-state index contributed by atoms with van der Waals surface area (Å²) in [7, 11) is 0. The third-order valence-corrected chi connectivity index (χ3v) is 3.52. The summed E-state index contributed by atoms with van der Waals surface area (Å²) in [5, 5.41) is 18.4. The Morgan fingerprint density at radius 3 is 3.00 bits per heavy atom. The van der Waals surface area contributed by atoms with Crippen LogP contribution in [-0.2, 0) is 11.3 Å². The molecule has 90 valence electrons. The zero-order valence-corrected chi connectivity index (χ0v) is 9.17. The fourth-order valence-electron chi connectivity index (χ4n) is 2.67. The third kappa shape index (κ3) is 1.63. The van der Waals surface area contributed by atoms with Crippen molar-refractivity contribution in [3.8, 4) is 5.75 Å². The van der Waals surface area contributed by atoms with Crippen molar-refractivity contribution in [1.29, 1.82) is 0 Å². The summed E-state index contributed by atoms with van der Waals surface area (Å²) in [6.07, 6.45) is -0.952. The maximum absolute atomic E-state index is 10.9. The quantitative estimate of drug-likeness (QED) is 0.712. The number of nitrogens with zero attached hydrogens (tertiary/aromatic N) is 1. The van der Waals surface area contributed by atoms with E-state index in [0.29, 0.717) is 19.7 Å². The highest BCUT2D eigenvalue weighted by Crippen LogP contribution is 2.37. The van der Waals surface area contributed by atoms with E-state index in [0.717, 1.165) is 11.1 Å². The molecule has 2 aliphatic rings. The molecule has 1 aromatic carbocycles. The number of amides is 1. The number of hydrogen-bond donors (Lipinski definition) is 2. The number of benzene rings is 1. The van der Waals surface area contributed by atoms with Crippen LogP contribution >= 0.6 is 0 Å². The minimum Gasteiger partial charge on any atom is -0.508 e. The molecule has 0 spiro atoms. The number of rotatable bonds is 0. The minimum atomic E-state index is -0.900. The molecule has 5 heteroatoms. The lowest BCUT2D eigenvalue weighted by atomic mass is 9.89. The summed E-state index contributed by atoms with van der Waals surface area (Å²) in [4.78, 5) is 12.3. The van der Waals surface area contributed by atoms with Gasteiger partial charge in [-0.3, -0.25) is 0 Å². The van der Waals surface area contributed by atoms with Gasteiger partial charge in [-0.1, -0.05) is 6.07 Å². The van der Waals surface area contributed by atoms with Gasteiger partial charge in [-0.05, 0) is 23.3 Å². The van der Waals surface area contributed by atoms with Crippen molar-refractivity contribution in [2.45, 2.75) is 18.6 Å². The number of ether oxygens (including phenoxy) is 1. The molecule has 5 nitrogen and oxygen atoms in total. The zero-order chi connectivity index (χ0) is 12.0. The van der Waals surface area contributed by atoms with Gasteiger partial charge in [0.25, 0.3) is 0 Å². The molecule has 3 rings (SSSR count). The van der Waals surface area contributed by atoms with Crippen molar-refractivity contribution >= 4 is 6.09 Å². The van der Waals surface area contributed by atoms with Gasteiger partial charge in [0.2, 0.25) is 0 Å². The van der Waals surface area contributed by atoms with Crippen LogP contribution in [0.2, 0.25) is 0 Å². The van der Waals surface area contributed by atoms with E-state index in [1.807, 2.05) is 6.07 Å². The number of phenols is 1. The summed E-state index contributed by atoms with van der Waals surface area (Å²) in [5.74, 6) is 0.314. The standard InChI is InChI=1S/C12H13NO4/c14-8-1-2-9-7(3-8)6-17-11-5-13(12(15)16)4-10(9)11/h1-3,10-11,14H,4-6H2,(H,15,16). The van der Waals surface area contributed by atoms with Gasteiger partial charge >= 0.3 is 6.09 Å². The number of carboxylic acid groups (broad SMARTS) is 1. The fraction of sp³-hybridized carbons (Fsp3) is 0.417. The van der Waals surface area contributed by atoms with Crippen LogP contribution in [0.4, 0.5) is 4.79 Å². The molecule has 0 aliphatic carbocycles. The van der Waals surface area contributed by atoms with Gasteiger partial charge in [-0.2, -0.15) is 0 Å². The van der Waals surface area contributed by atoms with E-state index in [1.54, 1.807) is 12.1 Å². The van der Waals surface area contributed by atoms with Crippen LogP contribution in [0.5, 0.6) is 5.75 Å². The van der Waals surface area contributed by atoms with E-state index in [-0.39, 0.29) is 17.8 Å². The Labute approximate surface area is 98.2 Å². The van der Waals surface area contributed by atoms with E-state index in [4.69, 9.17) is 9.84 Å². The number of carbonyl (C=O) groups is 1. The molecule has 1 aromatic rings. The first kappa shape index (κ1) is 10.4. The second-order valence-corrected chi connectivity index (χ2v) is 4.53. The molecule has 0 bridgehead atoms. The molecule has 0 radical (unpaired) electrons. The van der Waals surface area contributed by atoms with Gasteiger partial charge in [-0.25, -0.2) is 4.79 Å². The lowest BCUT2D eigenvalue weighted by Gasteiger charge is -2.27. The second kappa shape index (κ2) is 3.63. The number of hydrogen-bond acceptors (Lipinski definition) is 3. The number of likely N-dealkylation sites (tertiary alicyclic amines) is 1. The highest BCUT2D eigenvalue weighted by molar-refractivity contribution is 5.66. The summed E-state index contributed by atoms with van der Waals surface area (Å²) < 4.78 is 5.65. The predicted octanol–water partition coefficient (Wildman–Crippen LogP) is 1.37. The van der Waals surface area contributed by atoms with E-state index in [2.05, 4.69) is 0 Å². The van der Waals surface area contributed by atoms with Crippen molar-refractivity contribution in [1.82, 2.24) is 4.90 Å². The Bertz CT molecular complexity index is 474. The van der Waals surface area contributed by atoms with E-state index < -0.39 is 6.09 Å². The van der Waals surface area contributed by atoms with Gasteiger partial charge in [-0.15, -0.1) is 0 Å². The van der Waals surface area contributed by atoms with Crippen molar-refractivity contribution in [2.75, 3.05) is 13.1 Å². The van der Waals surface area contributed by atoms with Gasteiger partial charge in [0, 0.05) is 12.5 Å². The zero-order valence-electron chi connectivity index (χ0n) is 9.17. The molecule has 2 N–H and O–H groups in total. The number of phenolic OH excluding ortho intramolecular Hbond substituents is 1. The van der Waals surface area contributed by atoms with Crippen molar-refractivity contribution in [2.24, 2.45) is 0 Å². The summed E-state index contributed by atoms with van der Waals surface area (Å²) in [6.45, 7) is 1.34. The van der Waals surface area contributed by atoms with Crippen LogP contribution in [0.25, 0.3) is 0 Å². The Morgan fingerprint density at radius 2 is 2.24 bits per heavy atom. The maximum Gasteiger partial charge on any atom is 0.407 e. The average molecular weight is 235 g/mol. The van der Waals surface area contributed by atoms with Crippen molar-refractivity contribution in [3.05, 3.63) is 29.3 Å². The second-order valence-electron chi connectivity index (χ2n) is 4.53. The topological polar surface area (TPSA) is 70.0 Å². The third-order valence-electron chi connectivity index (χ3n) is 3.52. The van der Waals surface area contributed by atoms with E-state index >= 15 is 0 Å². The van der Waals surface area contributed by atoms with E-state index in [1.165, 1.54) is 4.90 Å². The lowest BCUT2D eigenvalue weighted by Crippen LogP contribution is -2.28. The molecule has 0 aromatic heterocycles. The molecule has 1 fully saturated rings. The van der Waals surface area contributed by atoms with Gasteiger partial charge in [0.05, 0.1) is 19.3 Å². The Kier molecular flexibility index (Phi) is 2.22. The maximum atomic E-state index is 10.9. The van der Waals surface area contributed by atoms with Crippen LogP contribution in [0.3, 0.4) is 0 Å². The normalized spacial score (nSPS) is 26.5. The summed E-state index contributed by atoms with van der Waals surface area (Å²) in [5.41, 5.74) is 2.06. The summed E-state index contributed by atoms with van der Waals surface area (Å²) >= 11 is 0. The molecule has 1 amide bonds. The monoisotopic (exact) mass is 235 g/mol. The fourth-order valence-corrected chi connectivity index (χ4v) is 2.67. The van der Waals surface area contributed by atoms with Gasteiger partial charge in [0.15, 0.2) is 0 Å². The lowest BCUT2D eigenvalue weighted by molar-refractivity contribution is 0.0253. The molecule has 2 aliphatic heterocycles. The largest absolute Gasteiger partial charge is 0.508 e. The summed E-state index contributed by atoms with van der Waals surface area (Å²) in [6, 6.07) is 5.20. The molecule has 2 atom stereocenters. The minimum absolute atomic E-state index is 0.0526. The number of fused-ring (bicyclic) bond motifs is 3. The van der Waals surface area contributed by atoms with Crippen LogP contribution in [-0.4, -0.2) is 40.4 Å². The van der Waals surface area contributed by atoms with Gasteiger partial charge < -0.3 is 19.8 Å². The molecular weight excluding hydrogens is 222 g/mol. The molecule has 17 heavy (non-hydrogen) atoms. The Hall–Kier alpha value is -1.75. The average Bonchev–Trinajstić information content (AvgIpc) is 2.72. The Balaban J connectivity index is 1.94. The van der Waals surface area contributed by atoms with Crippen molar-refractivity contribution in [3.63, 3.8) is 0 Å². The van der Waals surface area contributed by atoms with Crippen LogP contribution in [0, 0.1) is 0 Å². The van der Waals surface area contributed by atoms with E-state index in [9.17, 15) is 9.90 Å². The Morgan fingerprint density at radius 1 is 1.41 bits per heavy atom. The van der Waals surface area contributed by atoms with Crippen LogP contribution in [0.1, 0.15) is 17.0 Å². The molecule has 0 saturated carbocycles. The number of aromatic hydroxyl groups is 1. The van der Waals surface area contributed by atoms with Crippen LogP contribution in [0.15, 0.2) is 18.2 Å². The first-order valence-corrected chi connectivity index (χ1v) is 5.56. The molecule has 1 saturated heterocycles. The highest BCUT2D eigenvalue weighted by Gasteiger charge is 2.40. The SMILES string of the molecule is O=C(O)N1CC2OCc3cc(O)ccc3C2C1. The smallest absolute Gasteiger partial charge is 0.407 e. The van der Waals surface area contributed by atoms with Crippen molar-refractivity contribution < 1.29 is 19.7 Å². The first-order valence-electron chi connectivity index (χ1n) is 5.56. The first-order chi connectivity index (χ1) is 8.15. The highest BCUT2D eigenvalue weighted by atomic mass is 16.5. The molecular formula is C12H13NO4. The molecule has 2 unspecified atom stereocenters.